The van der Waals surface area contributed by atoms with Crippen molar-refractivity contribution in [2.75, 3.05) is 6.61 Å². The third-order valence-corrected chi connectivity index (χ3v) is 5.22. The molecule has 2 atom stereocenters. The van der Waals surface area contributed by atoms with Gasteiger partial charge in [-0.3, -0.25) is 9.59 Å². The van der Waals surface area contributed by atoms with E-state index in [4.69, 9.17) is 4.74 Å². The van der Waals surface area contributed by atoms with Gasteiger partial charge in [0.05, 0.1) is 18.6 Å². The van der Waals surface area contributed by atoms with Crippen LogP contribution in [-0.2, 0) is 14.3 Å². The van der Waals surface area contributed by atoms with Gasteiger partial charge in [-0.25, -0.2) is 0 Å². The maximum atomic E-state index is 11.7. The second-order valence-electron chi connectivity index (χ2n) is 6.29. The lowest BCUT2D eigenvalue weighted by atomic mass is 9.62. The van der Waals surface area contributed by atoms with Gasteiger partial charge in [-0.05, 0) is 18.3 Å². The van der Waals surface area contributed by atoms with Crippen LogP contribution in [0.15, 0.2) is 0 Å². The van der Waals surface area contributed by atoms with E-state index >= 15 is 0 Å². The minimum atomic E-state index is -0.443. The van der Waals surface area contributed by atoms with E-state index in [1.165, 1.54) is 6.92 Å². The van der Waals surface area contributed by atoms with Gasteiger partial charge in [-0.15, -0.1) is 0 Å². The van der Waals surface area contributed by atoms with E-state index in [0.29, 0.717) is 6.61 Å². The van der Waals surface area contributed by atoms with Crippen LogP contribution in [-0.4, -0.2) is 24.0 Å². The second-order valence-corrected chi connectivity index (χ2v) is 6.29. The Morgan fingerprint density at radius 1 is 1.29 bits per heavy atom. The monoisotopic (exact) mass is 239 g/mol. The lowest BCUT2D eigenvalue weighted by Crippen LogP contribution is -2.58. The summed E-state index contributed by atoms with van der Waals surface area (Å²) in [6.07, 6.45) is 2.12. The zero-order valence-electron chi connectivity index (χ0n) is 11.1. The van der Waals surface area contributed by atoms with Crippen molar-refractivity contribution >= 4 is 11.9 Å². The third kappa shape index (κ3) is 1.57. The molecule has 1 aliphatic carbocycles. The van der Waals surface area contributed by atoms with Crippen molar-refractivity contribution in [1.29, 1.82) is 0 Å². The zero-order chi connectivity index (χ0) is 12.9. The first-order valence-corrected chi connectivity index (χ1v) is 6.17. The van der Waals surface area contributed by atoms with E-state index < -0.39 is 5.54 Å². The quantitative estimate of drug-likeness (QED) is 0.708. The number of fused-ring (bicyclic) bond motifs is 2. The van der Waals surface area contributed by atoms with Crippen LogP contribution in [0.3, 0.4) is 0 Å². The summed E-state index contributed by atoms with van der Waals surface area (Å²) in [6, 6.07) is 0. The van der Waals surface area contributed by atoms with Crippen LogP contribution in [0, 0.1) is 10.8 Å². The number of nitrogens with one attached hydrogen (secondary N) is 1. The Bertz CT molecular complexity index is 377. The van der Waals surface area contributed by atoms with Gasteiger partial charge < -0.3 is 10.1 Å². The van der Waals surface area contributed by atoms with Crippen LogP contribution >= 0.6 is 0 Å². The predicted octanol–water partition coefficient (Wildman–Crippen LogP) is 1.63. The molecule has 1 amide bonds. The number of rotatable bonds is 1. The number of cyclic esters (lactones) is 1. The summed E-state index contributed by atoms with van der Waals surface area (Å²) in [7, 11) is 0. The lowest BCUT2D eigenvalue weighted by Gasteiger charge is -2.46. The Morgan fingerprint density at radius 2 is 1.94 bits per heavy atom. The number of ether oxygens (including phenoxy) is 1. The molecule has 0 unspecified atom stereocenters. The number of hydrogen-bond acceptors (Lipinski definition) is 3. The molecule has 2 fully saturated rings. The molecule has 0 aromatic heterocycles. The number of esters is 1. The van der Waals surface area contributed by atoms with E-state index in [-0.39, 0.29) is 29.1 Å². The molecule has 1 N–H and O–H groups in total. The van der Waals surface area contributed by atoms with Gasteiger partial charge in [0.2, 0.25) is 5.91 Å². The molecule has 1 saturated carbocycles. The molecule has 1 aliphatic heterocycles. The van der Waals surface area contributed by atoms with Crippen LogP contribution in [0.5, 0.6) is 0 Å². The average molecular weight is 239 g/mol. The topological polar surface area (TPSA) is 55.4 Å². The van der Waals surface area contributed by atoms with Crippen LogP contribution in [0.25, 0.3) is 0 Å². The van der Waals surface area contributed by atoms with Gasteiger partial charge in [0.1, 0.15) is 0 Å². The SMILES string of the molecule is CC(=O)N[C@@]12CC[C@@](C)(COC(=O)C1)C2(C)C. The fourth-order valence-corrected chi connectivity index (χ4v) is 3.39. The smallest absolute Gasteiger partial charge is 0.308 e. The highest BCUT2D eigenvalue weighted by Gasteiger charge is 2.63. The standard InChI is InChI=1S/C13H21NO3/c1-9(15)14-13-6-5-12(4,11(13,2)3)8-17-10(16)7-13/h5-8H2,1-4H3,(H,14,15)/t12-,13-/m0/s1. The van der Waals surface area contributed by atoms with Crippen LogP contribution in [0.2, 0.25) is 0 Å². The van der Waals surface area contributed by atoms with Crippen molar-refractivity contribution in [3.8, 4) is 0 Å². The van der Waals surface area contributed by atoms with Crippen LogP contribution < -0.4 is 5.32 Å². The first kappa shape index (κ1) is 12.4. The highest BCUT2D eigenvalue weighted by atomic mass is 16.5. The van der Waals surface area contributed by atoms with Crippen LogP contribution in [0.4, 0.5) is 0 Å². The summed E-state index contributed by atoms with van der Waals surface area (Å²) in [5.41, 5.74) is -0.638. The molecule has 0 radical (unpaired) electrons. The Morgan fingerprint density at radius 3 is 2.53 bits per heavy atom. The average Bonchev–Trinajstić information content (AvgIpc) is 2.32. The Kier molecular flexibility index (Phi) is 2.53. The Balaban J connectivity index is 2.46. The largest absolute Gasteiger partial charge is 0.465 e. The molecule has 2 bridgehead atoms. The van der Waals surface area contributed by atoms with E-state index in [0.717, 1.165) is 12.8 Å². The number of carbonyl (C=O) groups excluding carboxylic acids is 2. The third-order valence-electron chi connectivity index (χ3n) is 5.22. The summed E-state index contributed by atoms with van der Waals surface area (Å²) in [4.78, 5) is 23.2. The van der Waals surface area contributed by atoms with E-state index in [1.54, 1.807) is 0 Å². The maximum absolute atomic E-state index is 11.7. The Hall–Kier alpha value is -1.06. The summed E-state index contributed by atoms with van der Waals surface area (Å²) in [5.74, 6) is -0.271. The van der Waals surface area contributed by atoms with Gasteiger partial charge in [0, 0.05) is 12.3 Å². The number of hydrogen-bond donors (Lipinski definition) is 1. The van der Waals surface area contributed by atoms with Gasteiger partial charge in [0.25, 0.3) is 0 Å². The molecule has 2 aliphatic rings. The lowest BCUT2D eigenvalue weighted by molar-refractivity contribution is -0.146. The molecule has 2 rings (SSSR count). The fourth-order valence-electron chi connectivity index (χ4n) is 3.39. The van der Waals surface area contributed by atoms with Gasteiger partial charge >= 0.3 is 5.97 Å². The molecule has 96 valence electrons. The predicted molar refractivity (Wildman–Crippen MR) is 63.2 cm³/mol. The van der Waals surface area contributed by atoms with Crippen molar-refractivity contribution in [2.24, 2.45) is 10.8 Å². The highest BCUT2D eigenvalue weighted by Crippen LogP contribution is 2.60. The summed E-state index contributed by atoms with van der Waals surface area (Å²) >= 11 is 0. The highest BCUT2D eigenvalue weighted by molar-refractivity contribution is 5.77. The summed E-state index contributed by atoms with van der Waals surface area (Å²) < 4.78 is 5.29. The molecule has 0 aromatic carbocycles. The van der Waals surface area contributed by atoms with E-state index in [9.17, 15) is 9.59 Å². The zero-order valence-corrected chi connectivity index (χ0v) is 11.1. The van der Waals surface area contributed by atoms with Gasteiger partial charge in [-0.2, -0.15) is 0 Å². The normalized spacial score (nSPS) is 39.4. The molecule has 0 spiro atoms. The van der Waals surface area contributed by atoms with Crippen molar-refractivity contribution in [3.05, 3.63) is 0 Å². The molecule has 4 nitrogen and oxygen atoms in total. The number of carbonyl (C=O) groups is 2. The molecular weight excluding hydrogens is 218 g/mol. The number of amides is 1. The summed E-state index contributed by atoms with van der Waals surface area (Å²) in [5, 5.41) is 3.03. The van der Waals surface area contributed by atoms with E-state index in [1.807, 2.05) is 0 Å². The van der Waals surface area contributed by atoms with Crippen molar-refractivity contribution in [3.63, 3.8) is 0 Å². The first-order chi connectivity index (χ1) is 7.72. The van der Waals surface area contributed by atoms with Crippen molar-refractivity contribution < 1.29 is 14.3 Å². The minimum absolute atomic E-state index is 0.0540. The van der Waals surface area contributed by atoms with E-state index in [2.05, 4.69) is 26.1 Å². The fraction of sp³-hybridized carbons (Fsp3) is 0.846. The maximum Gasteiger partial charge on any atom is 0.308 e. The molecule has 1 saturated heterocycles. The minimum Gasteiger partial charge on any atom is -0.465 e. The van der Waals surface area contributed by atoms with Crippen LogP contribution in [0.1, 0.15) is 47.0 Å². The first-order valence-electron chi connectivity index (χ1n) is 6.17. The molecular formula is C13H21NO3. The molecule has 1 heterocycles. The molecule has 0 aromatic rings. The van der Waals surface area contributed by atoms with Gasteiger partial charge in [0.15, 0.2) is 0 Å². The molecule has 17 heavy (non-hydrogen) atoms. The summed E-state index contributed by atoms with van der Waals surface area (Å²) in [6.45, 7) is 8.39. The van der Waals surface area contributed by atoms with Crippen molar-refractivity contribution in [2.45, 2.75) is 52.5 Å². The van der Waals surface area contributed by atoms with Gasteiger partial charge in [-0.1, -0.05) is 20.8 Å². The van der Waals surface area contributed by atoms with Crippen molar-refractivity contribution in [1.82, 2.24) is 5.32 Å². The second kappa shape index (κ2) is 3.47. The molecule has 4 heteroatoms. The Labute approximate surface area is 102 Å².